The monoisotopic (exact) mass is 292 g/mol. The molecule has 0 radical (unpaired) electrons. The maximum atomic E-state index is 13.5. The Morgan fingerprint density at radius 2 is 1.90 bits per heavy atom. The van der Waals surface area contributed by atoms with E-state index < -0.39 is 22.5 Å². The van der Waals surface area contributed by atoms with Crippen molar-refractivity contribution in [3.63, 3.8) is 0 Å². The Balaban J connectivity index is 2.31. The van der Waals surface area contributed by atoms with Gasteiger partial charge in [0.15, 0.2) is 0 Å². The van der Waals surface area contributed by atoms with Crippen molar-refractivity contribution in [2.75, 3.05) is 5.32 Å². The SMILES string of the molecule is Cc1ccc([N+](=O)[O-])cc1NC(=O)c1ccc(F)cc1F. The van der Waals surface area contributed by atoms with Gasteiger partial charge in [0.25, 0.3) is 11.6 Å². The summed E-state index contributed by atoms with van der Waals surface area (Å²) in [5.74, 6) is -2.61. The van der Waals surface area contributed by atoms with Gasteiger partial charge in [0, 0.05) is 18.2 Å². The minimum absolute atomic E-state index is 0.193. The fraction of sp³-hybridized carbons (Fsp3) is 0.0714. The maximum Gasteiger partial charge on any atom is 0.271 e. The summed E-state index contributed by atoms with van der Waals surface area (Å²) >= 11 is 0. The third kappa shape index (κ3) is 3.19. The lowest BCUT2D eigenvalue weighted by Crippen LogP contribution is -2.14. The van der Waals surface area contributed by atoms with E-state index in [2.05, 4.69) is 5.32 Å². The number of benzene rings is 2. The molecule has 0 fully saturated rings. The van der Waals surface area contributed by atoms with Gasteiger partial charge in [0.05, 0.1) is 16.2 Å². The first-order valence-corrected chi connectivity index (χ1v) is 5.90. The van der Waals surface area contributed by atoms with Crippen molar-refractivity contribution in [3.8, 4) is 0 Å². The van der Waals surface area contributed by atoms with Crippen LogP contribution in [-0.4, -0.2) is 10.8 Å². The van der Waals surface area contributed by atoms with Crippen molar-refractivity contribution in [1.29, 1.82) is 0 Å². The molecule has 5 nitrogen and oxygen atoms in total. The molecular weight excluding hydrogens is 282 g/mol. The zero-order valence-electron chi connectivity index (χ0n) is 10.9. The first kappa shape index (κ1) is 14.6. The molecule has 0 heterocycles. The van der Waals surface area contributed by atoms with Gasteiger partial charge in [-0.25, -0.2) is 8.78 Å². The normalized spacial score (nSPS) is 10.2. The first-order chi connectivity index (χ1) is 9.88. The van der Waals surface area contributed by atoms with Crippen molar-refractivity contribution in [2.24, 2.45) is 0 Å². The minimum Gasteiger partial charge on any atom is -0.321 e. The molecule has 1 N–H and O–H groups in total. The van der Waals surface area contributed by atoms with Crippen molar-refractivity contribution < 1.29 is 18.5 Å². The Morgan fingerprint density at radius 3 is 2.52 bits per heavy atom. The molecule has 0 spiro atoms. The molecule has 0 bridgehead atoms. The van der Waals surface area contributed by atoms with E-state index in [9.17, 15) is 23.7 Å². The number of amides is 1. The van der Waals surface area contributed by atoms with Gasteiger partial charge in [-0.1, -0.05) is 6.07 Å². The van der Waals surface area contributed by atoms with Crippen molar-refractivity contribution in [3.05, 3.63) is 69.3 Å². The molecule has 0 aliphatic heterocycles. The summed E-state index contributed by atoms with van der Waals surface area (Å²) in [6, 6.07) is 6.49. The Labute approximate surface area is 118 Å². The summed E-state index contributed by atoms with van der Waals surface area (Å²) in [7, 11) is 0. The Hall–Kier alpha value is -2.83. The average molecular weight is 292 g/mol. The van der Waals surface area contributed by atoms with Crippen LogP contribution >= 0.6 is 0 Å². The molecule has 2 aromatic carbocycles. The highest BCUT2D eigenvalue weighted by atomic mass is 19.1. The molecule has 0 unspecified atom stereocenters. The second-order valence-electron chi connectivity index (χ2n) is 4.33. The number of nitrogens with one attached hydrogen (secondary N) is 1. The highest BCUT2D eigenvalue weighted by Crippen LogP contribution is 2.23. The van der Waals surface area contributed by atoms with Crippen LogP contribution in [0.25, 0.3) is 0 Å². The lowest BCUT2D eigenvalue weighted by atomic mass is 10.1. The van der Waals surface area contributed by atoms with E-state index in [0.29, 0.717) is 11.6 Å². The Kier molecular flexibility index (Phi) is 3.93. The number of nitro benzene ring substituents is 1. The number of carbonyl (C=O) groups excluding carboxylic acids is 1. The topological polar surface area (TPSA) is 72.2 Å². The van der Waals surface area contributed by atoms with Gasteiger partial charge in [-0.15, -0.1) is 0 Å². The van der Waals surface area contributed by atoms with Crippen LogP contribution in [0, 0.1) is 28.7 Å². The first-order valence-electron chi connectivity index (χ1n) is 5.90. The fourth-order valence-corrected chi connectivity index (χ4v) is 1.72. The van der Waals surface area contributed by atoms with E-state index in [1.807, 2.05) is 0 Å². The molecule has 108 valence electrons. The molecule has 0 aromatic heterocycles. The number of nitrogens with zero attached hydrogens (tertiary/aromatic N) is 1. The quantitative estimate of drug-likeness (QED) is 0.695. The van der Waals surface area contributed by atoms with Crippen LogP contribution in [0.1, 0.15) is 15.9 Å². The van der Waals surface area contributed by atoms with Crippen LogP contribution in [-0.2, 0) is 0 Å². The summed E-state index contributed by atoms with van der Waals surface area (Å²) in [5.41, 5.74) is 0.229. The zero-order valence-corrected chi connectivity index (χ0v) is 10.9. The molecule has 1 amide bonds. The number of non-ortho nitro benzene ring substituents is 1. The predicted molar refractivity (Wildman–Crippen MR) is 72.1 cm³/mol. The van der Waals surface area contributed by atoms with Crippen LogP contribution in [0.5, 0.6) is 0 Å². The molecule has 0 aliphatic carbocycles. The van der Waals surface area contributed by atoms with Gasteiger partial charge in [-0.2, -0.15) is 0 Å². The van der Waals surface area contributed by atoms with Gasteiger partial charge >= 0.3 is 0 Å². The number of carbonyl (C=O) groups is 1. The lowest BCUT2D eigenvalue weighted by molar-refractivity contribution is -0.384. The lowest BCUT2D eigenvalue weighted by Gasteiger charge is -2.09. The molecule has 0 saturated heterocycles. The van der Waals surface area contributed by atoms with Crippen molar-refractivity contribution >= 4 is 17.3 Å². The number of hydrogen-bond acceptors (Lipinski definition) is 3. The number of halogens is 2. The van der Waals surface area contributed by atoms with E-state index in [-0.39, 0.29) is 16.9 Å². The fourth-order valence-electron chi connectivity index (χ4n) is 1.72. The van der Waals surface area contributed by atoms with E-state index in [4.69, 9.17) is 0 Å². The Morgan fingerprint density at radius 1 is 1.19 bits per heavy atom. The molecule has 0 saturated carbocycles. The van der Waals surface area contributed by atoms with Gasteiger partial charge in [0.2, 0.25) is 0 Å². The van der Waals surface area contributed by atoms with Crippen LogP contribution in [0.2, 0.25) is 0 Å². The third-order valence-electron chi connectivity index (χ3n) is 2.86. The number of rotatable bonds is 3. The predicted octanol–water partition coefficient (Wildman–Crippen LogP) is 3.43. The third-order valence-corrected chi connectivity index (χ3v) is 2.86. The van der Waals surface area contributed by atoms with E-state index in [1.165, 1.54) is 18.2 Å². The van der Waals surface area contributed by atoms with Gasteiger partial charge in [-0.3, -0.25) is 14.9 Å². The maximum absolute atomic E-state index is 13.5. The number of aryl methyl sites for hydroxylation is 1. The number of anilines is 1. The van der Waals surface area contributed by atoms with Crippen LogP contribution in [0.3, 0.4) is 0 Å². The summed E-state index contributed by atoms with van der Waals surface area (Å²) in [6.07, 6.45) is 0. The van der Waals surface area contributed by atoms with Crippen molar-refractivity contribution in [1.82, 2.24) is 0 Å². The van der Waals surface area contributed by atoms with Crippen LogP contribution in [0.4, 0.5) is 20.2 Å². The Bertz CT molecular complexity index is 732. The van der Waals surface area contributed by atoms with Crippen molar-refractivity contribution in [2.45, 2.75) is 6.92 Å². The van der Waals surface area contributed by atoms with Gasteiger partial charge < -0.3 is 5.32 Å². The van der Waals surface area contributed by atoms with Crippen LogP contribution in [0.15, 0.2) is 36.4 Å². The summed E-state index contributed by atoms with van der Waals surface area (Å²) < 4.78 is 26.3. The summed E-state index contributed by atoms with van der Waals surface area (Å²) in [6.45, 7) is 1.64. The molecule has 0 atom stereocenters. The molecule has 7 heteroatoms. The molecule has 2 rings (SSSR count). The summed E-state index contributed by atoms with van der Waals surface area (Å²) in [5, 5.41) is 13.1. The smallest absolute Gasteiger partial charge is 0.271 e. The van der Waals surface area contributed by atoms with E-state index in [0.717, 1.165) is 12.1 Å². The summed E-state index contributed by atoms with van der Waals surface area (Å²) in [4.78, 5) is 22.0. The van der Waals surface area contributed by atoms with Crippen LogP contribution < -0.4 is 5.32 Å². The molecule has 2 aromatic rings. The second kappa shape index (κ2) is 5.66. The van der Waals surface area contributed by atoms with E-state index in [1.54, 1.807) is 6.92 Å². The standard InChI is InChI=1S/C14H10F2N2O3/c1-8-2-4-10(18(20)21)7-13(8)17-14(19)11-5-3-9(15)6-12(11)16/h2-7H,1H3,(H,17,19). The number of nitro groups is 1. The zero-order chi connectivity index (χ0) is 15.6. The highest BCUT2D eigenvalue weighted by Gasteiger charge is 2.15. The molecule has 21 heavy (non-hydrogen) atoms. The largest absolute Gasteiger partial charge is 0.321 e. The average Bonchev–Trinajstić information content (AvgIpc) is 2.40. The number of hydrogen-bond donors (Lipinski definition) is 1. The van der Waals surface area contributed by atoms with Gasteiger partial charge in [0.1, 0.15) is 11.6 Å². The minimum atomic E-state index is -1.00. The van der Waals surface area contributed by atoms with Gasteiger partial charge in [-0.05, 0) is 24.6 Å². The second-order valence-corrected chi connectivity index (χ2v) is 4.33. The molecule has 0 aliphatic rings. The van der Waals surface area contributed by atoms with E-state index >= 15 is 0 Å². The molecular formula is C14H10F2N2O3. The highest BCUT2D eigenvalue weighted by molar-refractivity contribution is 6.05.